The summed E-state index contributed by atoms with van der Waals surface area (Å²) >= 11 is 0. The third kappa shape index (κ3) is 3.77. The van der Waals surface area contributed by atoms with Crippen molar-refractivity contribution >= 4 is 5.97 Å². The smallest absolute Gasteiger partial charge is 0.336 e. The minimum Gasteiger partial charge on any atom is -0.489 e. The lowest BCUT2D eigenvalue weighted by Gasteiger charge is -2.08. The Labute approximate surface area is 95.7 Å². The van der Waals surface area contributed by atoms with E-state index in [-0.39, 0.29) is 6.61 Å². The van der Waals surface area contributed by atoms with E-state index in [1.165, 1.54) is 0 Å². The van der Waals surface area contributed by atoms with E-state index in [2.05, 4.69) is 6.58 Å². The van der Waals surface area contributed by atoms with Crippen LogP contribution in [0.15, 0.2) is 36.4 Å². The molecule has 0 aliphatic rings. The first-order valence-corrected chi connectivity index (χ1v) is 5.18. The molecule has 0 atom stereocenters. The molecule has 0 saturated heterocycles. The van der Waals surface area contributed by atoms with Crippen LogP contribution < -0.4 is 4.74 Å². The fraction of sp³-hybridized carbons (Fsp3) is 0.308. The predicted molar refractivity (Wildman–Crippen MR) is 62.4 cm³/mol. The summed E-state index contributed by atoms with van der Waals surface area (Å²) in [5, 5.41) is 0. The number of rotatable bonds is 5. The Morgan fingerprint density at radius 2 is 2.19 bits per heavy atom. The topological polar surface area (TPSA) is 35.5 Å². The summed E-state index contributed by atoms with van der Waals surface area (Å²) in [5.41, 5.74) is 1.43. The van der Waals surface area contributed by atoms with E-state index in [9.17, 15) is 4.79 Å². The summed E-state index contributed by atoms with van der Waals surface area (Å²) in [6.07, 6.45) is 0. The third-order valence-electron chi connectivity index (χ3n) is 1.97. The molecule has 0 radical (unpaired) electrons. The van der Waals surface area contributed by atoms with Crippen LogP contribution in [0, 0.1) is 6.92 Å². The maximum atomic E-state index is 11.2. The normalized spacial score (nSPS) is 9.62. The number of hydrogen-bond donors (Lipinski definition) is 0. The van der Waals surface area contributed by atoms with Gasteiger partial charge in [-0.15, -0.1) is 0 Å². The van der Waals surface area contributed by atoms with Gasteiger partial charge >= 0.3 is 5.97 Å². The molecule has 0 fully saturated rings. The molecule has 1 rings (SSSR count). The Balaban J connectivity index is 2.46. The lowest BCUT2D eigenvalue weighted by Crippen LogP contribution is -2.13. The van der Waals surface area contributed by atoms with Gasteiger partial charge in [-0.05, 0) is 31.5 Å². The predicted octanol–water partition coefficient (Wildman–Crippen LogP) is 2.49. The number of aryl methyl sites for hydroxylation is 1. The van der Waals surface area contributed by atoms with Gasteiger partial charge in [0.15, 0.2) is 0 Å². The number of ether oxygens (including phenoxy) is 2. The summed E-state index contributed by atoms with van der Waals surface area (Å²) in [7, 11) is 0. The molecular weight excluding hydrogens is 204 g/mol. The van der Waals surface area contributed by atoms with E-state index < -0.39 is 5.97 Å². The molecule has 0 saturated carbocycles. The van der Waals surface area contributed by atoms with Gasteiger partial charge in [0, 0.05) is 0 Å². The lowest BCUT2D eigenvalue weighted by molar-refractivity contribution is -0.138. The van der Waals surface area contributed by atoms with Crippen molar-refractivity contribution in [3.8, 4) is 5.75 Å². The number of carbonyl (C=O) groups is 1. The zero-order valence-corrected chi connectivity index (χ0v) is 9.66. The largest absolute Gasteiger partial charge is 0.489 e. The Hall–Kier alpha value is -1.77. The monoisotopic (exact) mass is 220 g/mol. The Kier molecular flexibility index (Phi) is 4.58. The standard InChI is InChI=1S/C13H16O3/c1-4-15-13(14)11(3)9-16-12-7-5-6-10(2)8-12/h5-8H,3-4,9H2,1-2H3. The molecule has 0 aliphatic heterocycles. The van der Waals surface area contributed by atoms with Crippen LogP contribution in [0.5, 0.6) is 5.75 Å². The van der Waals surface area contributed by atoms with Crippen molar-refractivity contribution in [1.82, 2.24) is 0 Å². The highest BCUT2D eigenvalue weighted by Crippen LogP contribution is 2.13. The summed E-state index contributed by atoms with van der Waals surface area (Å²) < 4.78 is 10.2. The second kappa shape index (κ2) is 5.95. The molecule has 0 heterocycles. The first-order chi connectivity index (χ1) is 7.63. The first kappa shape index (κ1) is 12.3. The first-order valence-electron chi connectivity index (χ1n) is 5.18. The molecule has 86 valence electrons. The van der Waals surface area contributed by atoms with E-state index in [1.54, 1.807) is 6.92 Å². The summed E-state index contributed by atoms with van der Waals surface area (Å²) in [6.45, 7) is 7.85. The van der Waals surface area contributed by atoms with Crippen LogP contribution in [0.25, 0.3) is 0 Å². The third-order valence-corrected chi connectivity index (χ3v) is 1.97. The molecule has 0 spiro atoms. The van der Waals surface area contributed by atoms with E-state index in [1.807, 2.05) is 31.2 Å². The summed E-state index contributed by atoms with van der Waals surface area (Å²) in [6, 6.07) is 7.62. The van der Waals surface area contributed by atoms with Crippen LogP contribution in [-0.4, -0.2) is 19.2 Å². The molecule has 0 aromatic heterocycles. The maximum absolute atomic E-state index is 11.2. The SMILES string of the molecule is C=C(COc1cccc(C)c1)C(=O)OCC. The van der Waals surface area contributed by atoms with E-state index in [4.69, 9.17) is 9.47 Å². The van der Waals surface area contributed by atoms with Gasteiger partial charge in [0.05, 0.1) is 12.2 Å². The van der Waals surface area contributed by atoms with Gasteiger partial charge in [0.25, 0.3) is 0 Å². The second-order valence-corrected chi connectivity index (χ2v) is 3.43. The van der Waals surface area contributed by atoms with Crippen LogP contribution in [0.4, 0.5) is 0 Å². The highest BCUT2D eigenvalue weighted by atomic mass is 16.5. The van der Waals surface area contributed by atoms with Crippen LogP contribution in [0.1, 0.15) is 12.5 Å². The van der Waals surface area contributed by atoms with Gasteiger partial charge < -0.3 is 9.47 Å². The average Bonchev–Trinajstić information content (AvgIpc) is 2.26. The van der Waals surface area contributed by atoms with Crippen molar-refractivity contribution in [2.24, 2.45) is 0 Å². The minimum atomic E-state index is -0.407. The number of benzene rings is 1. The molecule has 0 unspecified atom stereocenters. The minimum absolute atomic E-state index is 0.155. The van der Waals surface area contributed by atoms with Gasteiger partial charge in [-0.1, -0.05) is 18.7 Å². The van der Waals surface area contributed by atoms with Gasteiger partial charge in [0.1, 0.15) is 12.4 Å². The van der Waals surface area contributed by atoms with Crippen molar-refractivity contribution in [3.63, 3.8) is 0 Å². The summed E-state index contributed by atoms with van der Waals surface area (Å²) in [5.74, 6) is 0.320. The zero-order chi connectivity index (χ0) is 12.0. The molecule has 0 N–H and O–H groups in total. The Morgan fingerprint density at radius 1 is 1.44 bits per heavy atom. The molecule has 3 nitrogen and oxygen atoms in total. The molecular formula is C13H16O3. The quantitative estimate of drug-likeness (QED) is 0.565. The molecule has 0 bridgehead atoms. The van der Waals surface area contributed by atoms with Gasteiger partial charge in [-0.2, -0.15) is 0 Å². The molecule has 1 aromatic rings. The van der Waals surface area contributed by atoms with E-state index in [0.717, 1.165) is 11.3 Å². The number of esters is 1. The highest BCUT2D eigenvalue weighted by Gasteiger charge is 2.08. The van der Waals surface area contributed by atoms with Gasteiger partial charge in [0.2, 0.25) is 0 Å². The van der Waals surface area contributed by atoms with Crippen LogP contribution in [0.3, 0.4) is 0 Å². The molecule has 0 amide bonds. The average molecular weight is 220 g/mol. The molecule has 1 aromatic carbocycles. The van der Waals surface area contributed by atoms with Crippen molar-refractivity contribution in [3.05, 3.63) is 42.0 Å². The van der Waals surface area contributed by atoms with Crippen molar-refractivity contribution in [1.29, 1.82) is 0 Å². The van der Waals surface area contributed by atoms with Crippen LogP contribution in [-0.2, 0) is 9.53 Å². The van der Waals surface area contributed by atoms with Crippen LogP contribution >= 0.6 is 0 Å². The van der Waals surface area contributed by atoms with Crippen molar-refractivity contribution < 1.29 is 14.3 Å². The van der Waals surface area contributed by atoms with E-state index >= 15 is 0 Å². The Morgan fingerprint density at radius 3 is 2.81 bits per heavy atom. The van der Waals surface area contributed by atoms with Crippen molar-refractivity contribution in [2.75, 3.05) is 13.2 Å². The number of carbonyl (C=O) groups excluding carboxylic acids is 1. The van der Waals surface area contributed by atoms with Gasteiger partial charge in [-0.3, -0.25) is 0 Å². The fourth-order valence-electron chi connectivity index (χ4n) is 1.17. The van der Waals surface area contributed by atoms with Crippen molar-refractivity contribution in [2.45, 2.75) is 13.8 Å². The summed E-state index contributed by atoms with van der Waals surface area (Å²) in [4.78, 5) is 11.2. The lowest BCUT2D eigenvalue weighted by atomic mass is 10.2. The van der Waals surface area contributed by atoms with Crippen LogP contribution in [0.2, 0.25) is 0 Å². The second-order valence-electron chi connectivity index (χ2n) is 3.43. The molecule has 16 heavy (non-hydrogen) atoms. The zero-order valence-electron chi connectivity index (χ0n) is 9.66. The highest BCUT2D eigenvalue weighted by molar-refractivity contribution is 5.88. The van der Waals surface area contributed by atoms with Gasteiger partial charge in [-0.25, -0.2) is 4.79 Å². The van der Waals surface area contributed by atoms with E-state index in [0.29, 0.717) is 12.2 Å². The maximum Gasteiger partial charge on any atom is 0.336 e. The molecule has 0 aliphatic carbocycles. The molecule has 3 heteroatoms. The Bertz CT molecular complexity index is 383. The number of hydrogen-bond acceptors (Lipinski definition) is 3. The fourth-order valence-corrected chi connectivity index (χ4v) is 1.17.